The number of nitrogens with one attached hydrogen (secondary N) is 1. The molecule has 2 heterocycles. The van der Waals surface area contributed by atoms with E-state index in [1.54, 1.807) is 5.51 Å². The van der Waals surface area contributed by atoms with Crippen LogP contribution < -0.4 is 5.32 Å². The van der Waals surface area contributed by atoms with E-state index in [1.807, 2.05) is 6.92 Å². The molecule has 0 aliphatic heterocycles. The van der Waals surface area contributed by atoms with Crippen LogP contribution in [0.25, 0.3) is 10.8 Å². The van der Waals surface area contributed by atoms with E-state index in [0.717, 1.165) is 23.4 Å². The van der Waals surface area contributed by atoms with Gasteiger partial charge in [0.2, 0.25) is 5.91 Å². The SMILES string of the molecule is Cc1ncsc1-c1nc(C[S@](=O)CC(=O)N[C@@H]2CCC[C@H](C)[C@H]2C)no1. The number of rotatable bonds is 6. The largest absolute Gasteiger partial charge is 0.352 e. The Morgan fingerprint density at radius 3 is 2.96 bits per heavy atom. The Bertz CT molecular complexity index is 789. The van der Waals surface area contributed by atoms with Crippen molar-refractivity contribution in [1.82, 2.24) is 20.4 Å². The molecule has 1 N–H and O–H groups in total. The smallest absolute Gasteiger partial charge is 0.269 e. The number of amides is 1. The van der Waals surface area contributed by atoms with Gasteiger partial charge in [0.1, 0.15) is 10.6 Å². The standard InChI is InChI=1S/C17H24N4O3S2/c1-10-5-4-6-13(11(10)2)19-15(22)8-26(23)7-14-20-17(24-21-14)16-12(3)18-9-25-16/h9-11,13H,4-8H2,1-3H3,(H,19,22)/t10-,11+,13+,26-/m0/s1. The summed E-state index contributed by atoms with van der Waals surface area (Å²) in [4.78, 5) is 21.5. The van der Waals surface area contributed by atoms with Crippen LogP contribution in [0.5, 0.6) is 0 Å². The molecule has 0 aromatic carbocycles. The highest BCUT2D eigenvalue weighted by Gasteiger charge is 2.28. The van der Waals surface area contributed by atoms with Gasteiger partial charge < -0.3 is 9.84 Å². The van der Waals surface area contributed by atoms with E-state index < -0.39 is 10.8 Å². The lowest BCUT2D eigenvalue weighted by Gasteiger charge is -2.34. The Labute approximate surface area is 159 Å². The second kappa shape index (κ2) is 8.39. The van der Waals surface area contributed by atoms with Crippen molar-refractivity contribution < 1.29 is 13.5 Å². The summed E-state index contributed by atoms with van der Waals surface area (Å²) in [5, 5.41) is 6.91. The lowest BCUT2D eigenvalue weighted by Crippen LogP contribution is -2.45. The summed E-state index contributed by atoms with van der Waals surface area (Å²) in [6.07, 6.45) is 3.33. The fourth-order valence-electron chi connectivity index (χ4n) is 3.29. The second-order valence-electron chi connectivity index (χ2n) is 6.95. The Kier molecular flexibility index (Phi) is 6.18. The second-order valence-corrected chi connectivity index (χ2v) is 9.26. The first-order chi connectivity index (χ1) is 12.4. The maximum atomic E-state index is 12.3. The molecule has 2 aromatic heterocycles. The molecule has 0 saturated heterocycles. The number of hydrogen-bond donors (Lipinski definition) is 1. The minimum atomic E-state index is -1.37. The Morgan fingerprint density at radius 2 is 2.23 bits per heavy atom. The van der Waals surface area contributed by atoms with Crippen LogP contribution in [0.3, 0.4) is 0 Å². The molecule has 0 spiro atoms. The summed E-state index contributed by atoms with van der Waals surface area (Å²) in [6, 6.07) is 0.175. The van der Waals surface area contributed by atoms with Crippen LogP contribution in [-0.2, 0) is 21.3 Å². The molecule has 1 aliphatic carbocycles. The maximum absolute atomic E-state index is 12.3. The van der Waals surface area contributed by atoms with Gasteiger partial charge in [-0.15, -0.1) is 11.3 Å². The third-order valence-electron chi connectivity index (χ3n) is 5.04. The van der Waals surface area contributed by atoms with Crippen LogP contribution in [0.4, 0.5) is 0 Å². The van der Waals surface area contributed by atoms with E-state index >= 15 is 0 Å². The zero-order valence-corrected chi connectivity index (χ0v) is 16.9. The molecular formula is C17H24N4O3S2. The number of thiazole rings is 1. The van der Waals surface area contributed by atoms with Crippen molar-refractivity contribution in [2.45, 2.75) is 51.8 Å². The van der Waals surface area contributed by atoms with E-state index in [-0.39, 0.29) is 23.5 Å². The summed E-state index contributed by atoms with van der Waals surface area (Å²) < 4.78 is 17.5. The zero-order valence-electron chi connectivity index (χ0n) is 15.2. The summed E-state index contributed by atoms with van der Waals surface area (Å²) in [7, 11) is -1.37. The summed E-state index contributed by atoms with van der Waals surface area (Å²) in [6.45, 7) is 6.26. The van der Waals surface area contributed by atoms with E-state index in [1.165, 1.54) is 17.8 Å². The van der Waals surface area contributed by atoms with E-state index in [2.05, 4.69) is 34.3 Å². The van der Waals surface area contributed by atoms with Crippen LogP contribution in [0.2, 0.25) is 0 Å². The molecule has 1 amide bonds. The number of nitrogens with zero attached hydrogens (tertiary/aromatic N) is 3. The molecule has 4 atom stereocenters. The van der Waals surface area contributed by atoms with Gasteiger partial charge in [0.05, 0.1) is 17.0 Å². The van der Waals surface area contributed by atoms with E-state index in [9.17, 15) is 9.00 Å². The first kappa shape index (κ1) is 19.2. The average molecular weight is 397 g/mol. The molecule has 1 fully saturated rings. The molecule has 9 heteroatoms. The Hall–Kier alpha value is -1.61. The van der Waals surface area contributed by atoms with Gasteiger partial charge in [-0.2, -0.15) is 4.98 Å². The molecule has 2 aromatic rings. The third-order valence-corrected chi connectivity index (χ3v) is 7.12. The first-order valence-corrected chi connectivity index (χ1v) is 11.2. The molecular weight excluding hydrogens is 372 g/mol. The third kappa shape index (κ3) is 4.56. The van der Waals surface area contributed by atoms with E-state index in [0.29, 0.717) is 23.6 Å². The Balaban J connectivity index is 1.52. The average Bonchev–Trinajstić information content (AvgIpc) is 3.20. The molecule has 3 rings (SSSR count). The van der Waals surface area contributed by atoms with Gasteiger partial charge in [-0.25, -0.2) is 4.98 Å². The van der Waals surface area contributed by atoms with Crippen LogP contribution in [0.15, 0.2) is 10.0 Å². The van der Waals surface area contributed by atoms with Crippen molar-refractivity contribution in [2.24, 2.45) is 11.8 Å². The number of hydrogen-bond acceptors (Lipinski definition) is 7. The predicted octanol–water partition coefficient (Wildman–Crippen LogP) is 2.69. The van der Waals surface area contributed by atoms with Gasteiger partial charge in [0, 0.05) is 16.8 Å². The van der Waals surface area contributed by atoms with Crippen LogP contribution in [-0.4, -0.2) is 37.0 Å². The molecule has 7 nitrogen and oxygen atoms in total. The number of aromatic nitrogens is 3. The summed E-state index contributed by atoms with van der Waals surface area (Å²) in [5.74, 6) is 1.67. The maximum Gasteiger partial charge on any atom is 0.269 e. The number of aryl methyl sites for hydroxylation is 1. The number of carbonyl (C=O) groups excluding carboxylic acids is 1. The van der Waals surface area contributed by atoms with Gasteiger partial charge in [0.25, 0.3) is 5.89 Å². The van der Waals surface area contributed by atoms with Crippen molar-refractivity contribution in [1.29, 1.82) is 0 Å². The zero-order chi connectivity index (χ0) is 18.7. The molecule has 0 radical (unpaired) electrons. The van der Waals surface area contributed by atoms with Crippen molar-refractivity contribution >= 4 is 28.0 Å². The molecule has 0 unspecified atom stereocenters. The normalized spacial score (nSPS) is 24.3. The quantitative estimate of drug-likeness (QED) is 0.806. The van der Waals surface area contributed by atoms with E-state index in [4.69, 9.17) is 4.52 Å². The van der Waals surface area contributed by atoms with Gasteiger partial charge >= 0.3 is 0 Å². The van der Waals surface area contributed by atoms with Crippen molar-refractivity contribution in [3.63, 3.8) is 0 Å². The minimum absolute atomic E-state index is 0.0406. The summed E-state index contributed by atoms with van der Waals surface area (Å²) >= 11 is 1.42. The fraction of sp³-hybridized carbons (Fsp3) is 0.647. The highest BCUT2D eigenvalue weighted by molar-refractivity contribution is 7.84. The van der Waals surface area contributed by atoms with Gasteiger partial charge in [-0.05, 0) is 25.2 Å². The number of carbonyl (C=O) groups is 1. The van der Waals surface area contributed by atoms with Crippen LogP contribution in [0, 0.1) is 18.8 Å². The summed E-state index contributed by atoms with van der Waals surface area (Å²) in [5.41, 5.74) is 2.53. The molecule has 1 saturated carbocycles. The van der Waals surface area contributed by atoms with Crippen molar-refractivity contribution in [2.75, 3.05) is 5.75 Å². The van der Waals surface area contributed by atoms with Crippen LogP contribution in [0.1, 0.15) is 44.6 Å². The van der Waals surface area contributed by atoms with Gasteiger partial charge in [0.15, 0.2) is 5.82 Å². The van der Waals surface area contributed by atoms with Crippen molar-refractivity contribution in [3.05, 3.63) is 17.0 Å². The Morgan fingerprint density at radius 1 is 1.42 bits per heavy atom. The lowest BCUT2D eigenvalue weighted by molar-refractivity contribution is -0.120. The highest BCUT2D eigenvalue weighted by atomic mass is 32.2. The minimum Gasteiger partial charge on any atom is -0.352 e. The topological polar surface area (TPSA) is 98.0 Å². The monoisotopic (exact) mass is 396 g/mol. The predicted molar refractivity (Wildman–Crippen MR) is 101 cm³/mol. The highest BCUT2D eigenvalue weighted by Crippen LogP contribution is 2.29. The van der Waals surface area contributed by atoms with Gasteiger partial charge in [-0.1, -0.05) is 31.8 Å². The first-order valence-electron chi connectivity index (χ1n) is 8.81. The molecule has 0 bridgehead atoms. The molecule has 26 heavy (non-hydrogen) atoms. The van der Waals surface area contributed by atoms with Crippen molar-refractivity contribution in [3.8, 4) is 10.8 Å². The molecule has 142 valence electrons. The fourth-order valence-corrected chi connectivity index (χ4v) is 4.89. The lowest BCUT2D eigenvalue weighted by atomic mass is 9.78. The van der Waals surface area contributed by atoms with Gasteiger partial charge in [-0.3, -0.25) is 9.00 Å². The molecule has 1 aliphatic rings. The van der Waals surface area contributed by atoms with Crippen LogP contribution >= 0.6 is 11.3 Å².